The minimum atomic E-state index is -4.96. The molecule has 576 valence electrons. The molecule has 0 saturated heterocycles. The fraction of sp³-hybridized carbons (Fsp3) is 0.949. The Morgan fingerprint density at radius 1 is 0.278 bits per heavy atom. The van der Waals surface area contributed by atoms with Crippen molar-refractivity contribution in [2.24, 2.45) is 11.8 Å². The van der Waals surface area contributed by atoms with E-state index in [0.29, 0.717) is 25.7 Å². The van der Waals surface area contributed by atoms with Crippen LogP contribution in [0.5, 0.6) is 0 Å². The van der Waals surface area contributed by atoms with Gasteiger partial charge >= 0.3 is 39.5 Å². The van der Waals surface area contributed by atoms with E-state index in [1.54, 1.807) is 0 Å². The van der Waals surface area contributed by atoms with Crippen molar-refractivity contribution < 1.29 is 80.2 Å². The molecule has 0 amide bonds. The third-order valence-electron chi connectivity index (χ3n) is 18.2. The SMILES string of the molecule is CCCCCCCCCCCCCCCCCCCCCCCC(=O)O[C@H](COC(=O)CCCCCCCCCCCCCCCC(C)C)COP(=O)(O)OC[C@@H](O)COP(=O)(O)OC[C@@H](COC(=O)CCCCCCC)OC(=O)CCCCCCCCCCCCCCC(C)C. The van der Waals surface area contributed by atoms with Crippen LogP contribution in [0.2, 0.25) is 0 Å². The number of hydrogen-bond acceptors (Lipinski definition) is 15. The minimum Gasteiger partial charge on any atom is -0.462 e. The van der Waals surface area contributed by atoms with Gasteiger partial charge in [-0.2, -0.15) is 0 Å². The van der Waals surface area contributed by atoms with Crippen molar-refractivity contribution >= 4 is 39.5 Å². The maximum atomic E-state index is 13.1. The van der Waals surface area contributed by atoms with Gasteiger partial charge in [-0.3, -0.25) is 37.3 Å². The summed E-state index contributed by atoms with van der Waals surface area (Å²) in [6, 6.07) is 0. The van der Waals surface area contributed by atoms with E-state index in [2.05, 4.69) is 41.5 Å². The van der Waals surface area contributed by atoms with Gasteiger partial charge in [0.15, 0.2) is 12.2 Å². The van der Waals surface area contributed by atoms with Crippen LogP contribution in [0.4, 0.5) is 0 Å². The van der Waals surface area contributed by atoms with Gasteiger partial charge < -0.3 is 33.8 Å². The largest absolute Gasteiger partial charge is 0.472 e. The second-order valence-electron chi connectivity index (χ2n) is 29.1. The van der Waals surface area contributed by atoms with E-state index in [1.165, 1.54) is 218 Å². The van der Waals surface area contributed by atoms with Crippen LogP contribution >= 0.6 is 15.6 Å². The van der Waals surface area contributed by atoms with Crippen LogP contribution in [-0.4, -0.2) is 96.7 Å². The van der Waals surface area contributed by atoms with E-state index in [1.807, 2.05) is 0 Å². The Bertz CT molecular complexity index is 1870. The van der Waals surface area contributed by atoms with Gasteiger partial charge in [0.1, 0.15) is 19.3 Å². The summed E-state index contributed by atoms with van der Waals surface area (Å²) in [5.41, 5.74) is 0. The average molecular weight is 1420 g/mol. The summed E-state index contributed by atoms with van der Waals surface area (Å²) in [5.74, 6) is -0.557. The zero-order chi connectivity index (χ0) is 71.4. The molecule has 0 aromatic carbocycles. The van der Waals surface area contributed by atoms with Gasteiger partial charge in [-0.05, 0) is 37.5 Å². The van der Waals surface area contributed by atoms with E-state index in [9.17, 15) is 43.2 Å². The van der Waals surface area contributed by atoms with E-state index < -0.39 is 97.5 Å². The van der Waals surface area contributed by atoms with Crippen LogP contribution < -0.4 is 0 Å². The Kier molecular flexibility index (Phi) is 68.4. The molecule has 0 aliphatic carbocycles. The quantitative estimate of drug-likeness (QED) is 0.0222. The maximum absolute atomic E-state index is 13.1. The van der Waals surface area contributed by atoms with Crippen LogP contribution in [0.1, 0.15) is 408 Å². The van der Waals surface area contributed by atoms with Gasteiger partial charge in [-0.1, -0.05) is 356 Å². The van der Waals surface area contributed by atoms with Gasteiger partial charge in [-0.25, -0.2) is 9.13 Å². The molecular formula is C78H152O17P2. The lowest BCUT2D eigenvalue weighted by Gasteiger charge is -2.21. The molecule has 0 saturated carbocycles. The number of phosphoric ester groups is 2. The molecular weight excluding hydrogens is 1270 g/mol. The van der Waals surface area contributed by atoms with Crippen LogP contribution in [0.25, 0.3) is 0 Å². The van der Waals surface area contributed by atoms with Crippen molar-refractivity contribution in [3.05, 3.63) is 0 Å². The number of carbonyl (C=O) groups is 4. The Balaban J connectivity index is 5.12. The first-order valence-electron chi connectivity index (χ1n) is 40.5. The van der Waals surface area contributed by atoms with Crippen molar-refractivity contribution in [3.8, 4) is 0 Å². The van der Waals surface area contributed by atoms with Crippen molar-refractivity contribution in [2.75, 3.05) is 39.6 Å². The normalized spacial score (nSPS) is 14.0. The average Bonchev–Trinajstić information content (AvgIpc) is 1.58. The molecule has 0 aliphatic heterocycles. The van der Waals surface area contributed by atoms with Gasteiger partial charge in [0.25, 0.3) is 0 Å². The second kappa shape index (κ2) is 69.8. The standard InChI is InChI=1S/C78H152O17P2/c1-7-9-11-13-14-15-16-17-18-19-20-21-22-23-24-27-34-39-44-50-56-63-78(83)95-74(67-89-76(81)61-55-49-43-38-33-28-25-26-31-36-41-47-52-58-70(3)4)69-93-97(86,87)91-65-72(79)64-90-96(84,85)92-68-73(66-88-75(80)60-54-46-12-10-8-2)94-77(82)62-57-51-45-40-35-30-29-32-37-42-48-53-59-71(5)6/h70-74,79H,7-69H2,1-6H3,(H,84,85)(H,86,87)/t72-,73+,74+/m0/s1. The number of unbranched alkanes of at least 4 members (excludes halogenated alkanes) is 47. The summed E-state index contributed by atoms with van der Waals surface area (Å²) >= 11 is 0. The number of esters is 4. The Morgan fingerprint density at radius 3 is 0.701 bits per heavy atom. The van der Waals surface area contributed by atoms with Crippen LogP contribution in [0.15, 0.2) is 0 Å². The highest BCUT2D eigenvalue weighted by Crippen LogP contribution is 2.45. The highest BCUT2D eigenvalue weighted by atomic mass is 31.2. The van der Waals surface area contributed by atoms with E-state index in [0.717, 1.165) is 108 Å². The third-order valence-corrected chi connectivity index (χ3v) is 20.1. The fourth-order valence-electron chi connectivity index (χ4n) is 12.0. The molecule has 0 aliphatic rings. The summed E-state index contributed by atoms with van der Waals surface area (Å²) < 4.78 is 68.4. The number of phosphoric acid groups is 2. The number of carbonyl (C=O) groups excluding carboxylic acids is 4. The number of hydrogen-bond donors (Lipinski definition) is 3. The summed E-state index contributed by atoms with van der Waals surface area (Å²) in [6.07, 6.45) is 58.8. The van der Waals surface area contributed by atoms with Crippen LogP contribution in [0, 0.1) is 11.8 Å². The molecule has 0 radical (unpaired) electrons. The predicted octanol–water partition coefficient (Wildman–Crippen LogP) is 23.1. The summed E-state index contributed by atoms with van der Waals surface area (Å²) in [7, 11) is -9.90. The first-order valence-corrected chi connectivity index (χ1v) is 43.5. The Labute approximate surface area is 594 Å². The number of aliphatic hydroxyl groups is 1. The zero-order valence-electron chi connectivity index (χ0n) is 63.4. The third kappa shape index (κ3) is 72.2. The van der Waals surface area contributed by atoms with Crippen molar-refractivity contribution in [3.63, 3.8) is 0 Å². The molecule has 3 N–H and O–H groups in total. The second-order valence-corrected chi connectivity index (χ2v) is 32.0. The number of rotatable bonds is 77. The molecule has 0 bridgehead atoms. The summed E-state index contributed by atoms with van der Waals surface area (Å²) in [6.45, 7) is 9.55. The van der Waals surface area contributed by atoms with Crippen molar-refractivity contribution in [1.29, 1.82) is 0 Å². The lowest BCUT2D eigenvalue weighted by molar-refractivity contribution is -0.161. The van der Waals surface area contributed by atoms with Crippen LogP contribution in [-0.2, 0) is 65.4 Å². The molecule has 17 nitrogen and oxygen atoms in total. The molecule has 97 heavy (non-hydrogen) atoms. The highest BCUT2D eigenvalue weighted by Gasteiger charge is 2.30. The first kappa shape index (κ1) is 95.1. The predicted molar refractivity (Wildman–Crippen MR) is 395 cm³/mol. The lowest BCUT2D eigenvalue weighted by Crippen LogP contribution is -2.30. The Hall–Kier alpha value is -1.94. The monoisotopic (exact) mass is 1420 g/mol. The molecule has 5 atom stereocenters. The lowest BCUT2D eigenvalue weighted by atomic mass is 10.0. The van der Waals surface area contributed by atoms with Gasteiger partial charge in [0, 0.05) is 25.7 Å². The molecule has 19 heteroatoms. The van der Waals surface area contributed by atoms with Gasteiger partial charge in [-0.15, -0.1) is 0 Å². The number of ether oxygens (including phenoxy) is 4. The maximum Gasteiger partial charge on any atom is 0.472 e. The molecule has 0 spiro atoms. The highest BCUT2D eigenvalue weighted by molar-refractivity contribution is 7.47. The molecule has 0 aromatic heterocycles. The van der Waals surface area contributed by atoms with E-state index in [4.69, 9.17) is 37.0 Å². The number of aliphatic hydroxyl groups excluding tert-OH is 1. The minimum absolute atomic E-state index is 0.106. The van der Waals surface area contributed by atoms with Crippen molar-refractivity contribution in [1.82, 2.24) is 0 Å². The van der Waals surface area contributed by atoms with E-state index >= 15 is 0 Å². The molecule has 0 heterocycles. The zero-order valence-corrected chi connectivity index (χ0v) is 65.2. The molecule has 0 rings (SSSR count). The summed E-state index contributed by atoms with van der Waals surface area (Å²) in [5, 5.41) is 10.6. The topological polar surface area (TPSA) is 237 Å². The smallest absolute Gasteiger partial charge is 0.462 e. The molecule has 0 aromatic rings. The van der Waals surface area contributed by atoms with E-state index in [-0.39, 0.29) is 25.7 Å². The van der Waals surface area contributed by atoms with Crippen LogP contribution in [0.3, 0.4) is 0 Å². The fourth-order valence-corrected chi connectivity index (χ4v) is 13.6. The Morgan fingerprint density at radius 2 is 0.474 bits per heavy atom. The first-order chi connectivity index (χ1) is 46.9. The van der Waals surface area contributed by atoms with Gasteiger partial charge in [0.05, 0.1) is 26.4 Å². The van der Waals surface area contributed by atoms with Gasteiger partial charge in [0.2, 0.25) is 0 Å². The molecule has 2 unspecified atom stereocenters. The molecule has 0 fully saturated rings. The van der Waals surface area contributed by atoms with Crippen molar-refractivity contribution in [2.45, 2.75) is 426 Å². The summed E-state index contributed by atoms with van der Waals surface area (Å²) in [4.78, 5) is 72.6.